The number of anilines is 1. The van der Waals surface area contributed by atoms with Crippen molar-refractivity contribution < 1.29 is 19.4 Å². The molecule has 4 rings (SSSR count). The van der Waals surface area contributed by atoms with Crippen molar-refractivity contribution in [2.24, 2.45) is 5.92 Å². The van der Waals surface area contributed by atoms with Gasteiger partial charge < -0.3 is 25.4 Å². The summed E-state index contributed by atoms with van der Waals surface area (Å²) in [5.74, 6) is -0.269. The van der Waals surface area contributed by atoms with Crippen molar-refractivity contribution in [3.63, 3.8) is 0 Å². The van der Waals surface area contributed by atoms with E-state index in [2.05, 4.69) is 15.6 Å². The minimum atomic E-state index is -0.360. The first-order valence-corrected chi connectivity index (χ1v) is 11.8. The number of nitrogens with zero attached hydrogens (tertiary/aromatic N) is 2. The summed E-state index contributed by atoms with van der Waals surface area (Å²) in [6.45, 7) is 4.71. The van der Waals surface area contributed by atoms with Gasteiger partial charge in [0.25, 0.3) is 11.8 Å². The standard InChI is InChI=1S/C24H28N4O4S/c1-14-12-28(15(2)13-29)24(31)16-7-6-9-18(21(16)32-19(14)11-25-3)26-22(30)23-27-17-8-4-5-10-20(17)33-23/h4-10,14-15,19,25,29H,11-13H2,1-3H3,(H,26,30)/t14-,15-,19-/m1/s1. The fourth-order valence-corrected chi connectivity index (χ4v) is 4.79. The van der Waals surface area contributed by atoms with Crippen LogP contribution in [-0.2, 0) is 0 Å². The van der Waals surface area contributed by atoms with E-state index >= 15 is 0 Å². The van der Waals surface area contributed by atoms with Crippen LogP contribution in [0.25, 0.3) is 10.2 Å². The molecule has 0 spiro atoms. The zero-order valence-corrected chi connectivity index (χ0v) is 19.7. The molecule has 1 aromatic heterocycles. The number of likely N-dealkylation sites (N-methyl/N-ethyl adjacent to an activating group) is 1. The fraction of sp³-hybridized carbons (Fsp3) is 0.375. The Hall–Kier alpha value is -3.01. The molecule has 174 valence electrons. The van der Waals surface area contributed by atoms with Crippen LogP contribution in [0.1, 0.15) is 34.0 Å². The molecule has 2 aromatic carbocycles. The second kappa shape index (κ2) is 9.86. The van der Waals surface area contributed by atoms with Crippen LogP contribution in [-0.4, -0.2) is 65.7 Å². The van der Waals surface area contributed by atoms with Gasteiger partial charge in [0.1, 0.15) is 6.10 Å². The Kier molecular flexibility index (Phi) is 6.92. The van der Waals surface area contributed by atoms with E-state index in [1.54, 1.807) is 23.1 Å². The molecule has 0 radical (unpaired) electrons. The minimum absolute atomic E-state index is 0.00318. The summed E-state index contributed by atoms with van der Waals surface area (Å²) in [5, 5.41) is 16.1. The number of rotatable bonds is 6. The number of fused-ring (bicyclic) bond motifs is 2. The summed E-state index contributed by atoms with van der Waals surface area (Å²) in [4.78, 5) is 32.6. The van der Waals surface area contributed by atoms with Crippen molar-refractivity contribution in [3.05, 3.63) is 53.0 Å². The van der Waals surface area contributed by atoms with Gasteiger partial charge in [0.2, 0.25) is 0 Å². The Morgan fingerprint density at radius 1 is 1.30 bits per heavy atom. The number of nitrogens with one attached hydrogen (secondary N) is 2. The van der Waals surface area contributed by atoms with E-state index in [-0.39, 0.29) is 36.5 Å². The number of aliphatic hydroxyl groups excluding tert-OH is 1. The lowest BCUT2D eigenvalue weighted by molar-refractivity contribution is 0.0417. The highest BCUT2D eigenvalue weighted by Gasteiger charge is 2.34. The van der Waals surface area contributed by atoms with Crippen molar-refractivity contribution in [2.75, 3.05) is 32.1 Å². The van der Waals surface area contributed by atoms with Crippen LogP contribution in [0.15, 0.2) is 42.5 Å². The highest BCUT2D eigenvalue weighted by atomic mass is 32.1. The van der Waals surface area contributed by atoms with E-state index in [0.717, 1.165) is 10.2 Å². The molecule has 3 N–H and O–H groups in total. The van der Waals surface area contributed by atoms with Gasteiger partial charge in [-0.1, -0.05) is 25.1 Å². The average Bonchev–Trinajstić information content (AvgIpc) is 3.26. The largest absolute Gasteiger partial charge is 0.486 e. The summed E-state index contributed by atoms with van der Waals surface area (Å²) in [6, 6.07) is 12.4. The third-order valence-electron chi connectivity index (χ3n) is 5.83. The van der Waals surface area contributed by atoms with Gasteiger partial charge in [-0.2, -0.15) is 0 Å². The Morgan fingerprint density at radius 2 is 2.09 bits per heavy atom. The smallest absolute Gasteiger partial charge is 0.284 e. The molecule has 0 bridgehead atoms. The molecule has 0 unspecified atom stereocenters. The molecule has 2 amide bonds. The quantitative estimate of drug-likeness (QED) is 0.514. The summed E-state index contributed by atoms with van der Waals surface area (Å²) >= 11 is 1.31. The molecule has 0 aliphatic carbocycles. The number of aliphatic hydroxyl groups is 1. The van der Waals surface area contributed by atoms with E-state index in [0.29, 0.717) is 35.1 Å². The third-order valence-corrected chi connectivity index (χ3v) is 6.87. The number of thiazole rings is 1. The van der Waals surface area contributed by atoms with E-state index in [9.17, 15) is 14.7 Å². The molecule has 0 fully saturated rings. The summed E-state index contributed by atoms with van der Waals surface area (Å²) < 4.78 is 7.27. The first-order valence-electron chi connectivity index (χ1n) is 11.0. The van der Waals surface area contributed by atoms with Gasteiger partial charge >= 0.3 is 0 Å². The monoisotopic (exact) mass is 468 g/mol. The second-order valence-electron chi connectivity index (χ2n) is 8.30. The molecule has 9 heteroatoms. The highest BCUT2D eigenvalue weighted by molar-refractivity contribution is 7.20. The summed E-state index contributed by atoms with van der Waals surface area (Å²) in [5.41, 5.74) is 1.53. The Balaban J connectivity index is 1.72. The van der Waals surface area contributed by atoms with Crippen molar-refractivity contribution >= 4 is 39.1 Å². The highest BCUT2D eigenvalue weighted by Crippen LogP contribution is 2.35. The molecule has 0 saturated carbocycles. The number of carbonyl (C=O) groups is 2. The Morgan fingerprint density at radius 3 is 2.82 bits per heavy atom. The van der Waals surface area contributed by atoms with Crippen LogP contribution in [0.3, 0.4) is 0 Å². The first kappa shape index (κ1) is 23.2. The van der Waals surface area contributed by atoms with Crippen LogP contribution in [0.2, 0.25) is 0 Å². The molecule has 2 heterocycles. The maximum absolute atomic E-state index is 13.4. The number of hydrogen-bond acceptors (Lipinski definition) is 7. The number of para-hydroxylation sites is 2. The predicted molar refractivity (Wildman–Crippen MR) is 129 cm³/mol. The van der Waals surface area contributed by atoms with Crippen LogP contribution >= 0.6 is 11.3 Å². The Labute approximate surface area is 196 Å². The SMILES string of the molecule is CNC[C@H]1Oc2c(NC(=O)c3nc4ccccc4s3)cccc2C(=O)N([C@H](C)CO)C[C@H]1C. The lowest BCUT2D eigenvalue weighted by Gasteiger charge is -2.37. The zero-order chi connectivity index (χ0) is 23.5. The second-order valence-corrected chi connectivity index (χ2v) is 9.33. The third kappa shape index (κ3) is 4.71. The van der Waals surface area contributed by atoms with Crippen molar-refractivity contribution in [1.29, 1.82) is 0 Å². The van der Waals surface area contributed by atoms with Gasteiger partial charge in [0, 0.05) is 19.0 Å². The van der Waals surface area contributed by atoms with Crippen LogP contribution in [0.5, 0.6) is 5.75 Å². The van der Waals surface area contributed by atoms with Crippen LogP contribution in [0.4, 0.5) is 5.69 Å². The average molecular weight is 469 g/mol. The zero-order valence-electron chi connectivity index (χ0n) is 18.9. The normalized spacial score (nSPS) is 19.4. The number of carbonyl (C=O) groups excluding carboxylic acids is 2. The van der Waals surface area contributed by atoms with E-state index in [1.807, 2.05) is 45.2 Å². The van der Waals surface area contributed by atoms with Gasteiger partial charge in [-0.05, 0) is 38.2 Å². The molecular weight excluding hydrogens is 440 g/mol. The maximum Gasteiger partial charge on any atom is 0.284 e. The maximum atomic E-state index is 13.4. The van der Waals surface area contributed by atoms with Crippen molar-refractivity contribution in [1.82, 2.24) is 15.2 Å². The predicted octanol–water partition coefficient (Wildman–Crippen LogP) is 2.99. The summed E-state index contributed by atoms with van der Waals surface area (Å²) in [7, 11) is 1.84. The fourth-order valence-electron chi connectivity index (χ4n) is 3.93. The topological polar surface area (TPSA) is 104 Å². The molecule has 1 aliphatic heterocycles. The van der Waals surface area contributed by atoms with Gasteiger partial charge in [-0.25, -0.2) is 4.98 Å². The molecule has 33 heavy (non-hydrogen) atoms. The number of hydrogen-bond donors (Lipinski definition) is 3. The van der Waals surface area contributed by atoms with E-state index in [1.165, 1.54) is 11.3 Å². The van der Waals surface area contributed by atoms with Gasteiger partial charge in [0.05, 0.1) is 34.1 Å². The van der Waals surface area contributed by atoms with Gasteiger partial charge in [-0.15, -0.1) is 11.3 Å². The number of ether oxygens (including phenoxy) is 1. The van der Waals surface area contributed by atoms with Gasteiger partial charge in [-0.3, -0.25) is 9.59 Å². The van der Waals surface area contributed by atoms with Crippen molar-refractivity contribution in [2.45, 2.75) is 26.0 Å². The molecule has 8 nitrogen and oxygen atoms in total. The van der Waals surface area contributed by atoms with Crippen molar-refractivity contribution in [3.8, 4) is 5.75 Å². The number of aromatic nitrogens is 1. The van der Waals surface area contributed by atoms with Crippen LogP contribution < -0.4 is 15.4 Å². The van der Waals surface area contributed by atoms with Crippen LogP contribution in [0, 0.1) is 5.92 Å². The Bertz CT molecular complexity index is 1130. The molecule has 3 atom stereocenters. The van der Waals surface area contributed by atoms with Gasteiger partial charge in [0.15, 0.2) is 10.8 Å². The lowest BCUT2D eigenvalue weighted by Crippen LogP contribution is -2.49. The van der Waals surface area contributed by atoms with E-state index < -0.39 is 0 Å². The number of amides is 2. The number of benzene rings is 2. The molecule has 1 aliphatic rings. The summed E-state index contributed by atoms with van der Waals surface area (Å²) in [6.07, 6.45) is -0.240. The molecular formula is C24H28N4O4S. The molecule has 0 saturated heterocycles. The molecule has 3 aromatic rings. The first-order chi connectivity index (χ1) is 15.9. The lowest BCUT2D eigenvalue weighted by atomic mass is 9.99. The minimum Gasteiger partial charge on any atom is -0.486 e. The van der Waals surface area contributed by atoms with E-state index in [4.69, 9.17) is 4.74 Å².